The molecule has 26 heavy (non-hydrogen) atoms. The zero-order valence-electron chi connectivity index (χ0n) is 14.0. The number of carbonyl (C=O) groups excluding carboxylic acids is 1. The van der Waals surface area contributed by atoms with Crippen LogP contribution in [0.25, 0.3) is 21.9 Å². The summed E-state index contributed by atoms with van der Waals surface area (Å²) < 4.78 is 0. The van der Waals surface area contributed by atoms with Gasteiger partial charge in [-0.15, -0.1) is 11.3 Å². The van der Waals surface area contributed by atoms with Crippen molar-refractivity contribution in [1.82, 2.24) is 24.9 Å². The van der Waals surface area contributed by atoms with E-state index in [4.69, 9.17) is 0 Å². The van der Waals surface area contributed by atoms with Gasteiger partial charge in [-0.25, -0.2) is 19.7 Å². The van der Waals surface area contributed by atoms with Gasteiger partial charge in [0.05, 0.1) is 16.7 Å². The molecule has 9 heteroatoms. The van der Waals surface area contributed by atoms with E-state index in [-0.39, 0.29) is 17.3 Å². The number of imidazole rings is 1. The van der Waals surface area contributed by atoms with E-state index in [0.29, 0.717) is 27.6 Å². The van der Waals surface area contributed by atoms with Gasteiger partial charge in [0.15, 0.2) is 10.8 Å². The van der Waals surface area contributed by atoms with Gasteiger partial charge in [0.2, 0.25) is 0 Å². The maximum Gasteiger partial charge on any atom is 0.323 e. The molecule has 0 aliphatic heterocycles. The van der Waals surface area contributed by atoms with E-state index in [0.717, 1.165) is 11.1 Å². The van der Waals surface area contributed by atoms with Crippen molar-refractivity contribution in [3.8, 4) is 10.8 Å². The number of aromatic nitrogens is 5. The van der Waals surface area contributed by atoms with Crippen LogP contribution in [-0.2, 0) is 0 Å². The lowest BCUT2D eigenvalue weighted by Crippen LogP contribution is -2.14. The average Bonchev–Trinajstić information content (AvgIpc) is 3.26. The largest absolute Gasteiger partial charge is 0.323 e. The van der Waals surface area contributed by atoms with E-state index in [2.05, 4.69) is 30.2 Å². The summed E-state index contributed by atoms with van der Waals surface area (Å²) in [6.07, 6.45) is 3.25. The van der Waals surface area contributed by atoms with Crippen LogP contribution in [0.1, 0.15) is 21.6 Å². The molecule has 3 aromatic heterocycles. The Hall–Kier alpha value is -3.33. The third-order valence-corrected chi connectivity index (χ3v) is 4.90. The van der Waals surface area contributed by atoms with Gasteiger partial charge in [-0.1, -0.05) is 0 Å². The molecule has 0 aliphatic carbocycles. The molecular formula is C17H14N6O2S. The van der Waals surface area contributed by atoms with Gasteiger partial charge in [0, 0.05) is 17.8 Å². The molecule has 1 amide bonds. The zero-order valence-corrected chi connectivity index (χ0v) is 14.8. The van der Waals surface area contributed by atoms with Crippen LogP contribution >= 0.6 is 11.3 Å². The van der Waals surface area contributed by atoms with Crippen molar-refractivity contribution >= 4 is 34.0 Å². The molecule has 4 aromatic rings. The maximum atomic E-state index is 12.7. The number of carbonyl (C=O) groups is 1. The number of nitrogens with one attached hydrogen (secondary N) is 3. The molecular weight excluding hydrogens is 352 g/mol. The molecule has 0 radical (unpaired) electrons. The van der Waals surface area contributed by atoms with Gasteiger partial charge >= 0.3 is 5.69 Å². The van der Waals surface area contributed by atoms with Crippen molar-refractivity contribution in [3.05, 3.63) is 57.2 Å². The normalized spacial score (nSPS) is 11.0. The molecule has 0 saturated heterocycles. The number of nitrogens with zero attached hydrogens (tertiary/aromatic N) is 3. The van der Waals surface area contributed by atoms with Gasteiger partial charge in [-0.05, 0) is 37.1 Å². The first-order chi connectivity index (χ1) is 12.5. The number of hydrogen-bond acceptors (Lipinski definition) is 6. The molecule has 4 rings (SSSR count). The van der Waals surface area contributed by atoms with E-state index in [1.54, 1.807) is 23.8 Å². The van der Waals surface area contributed by atoms with Crippen LogP contribution < -0.4 is 11.0 Å². The molecule has 0 fully saturated rings. The van der Waals surface area contributed by atoms with Crippen LogP contribution in [0, 0.1) is 13.8 Å². The molecule has 0 saturated carbocycles. The lowest BCUT2D eigenvalue weighted by molar-refractivity contribution is 0.102. The zero-order chi connectivity index (χ0) is 18.3. The number of H-pyrrole nitrogens is 2. The lowest BCUT2D eigenvalue weighted by atomic mass is 10.1. The summed E-state index contributed by atoms with van der Waals surface area (Å²) in [6, 6.07) is 3.58. The fourth-order valence-electron chi connectivity index (χ4n) is 2.64. The topological polar surface area (TPSA) is 116 Å². The minimum Gasteiger partial charge on any atom is -0.318 e. The highest BCUT2D eigenvalue weighted by Gasteiger charge is 2.17. The molecule has 0 atom stereocenters. The molecule has 0 unspecified atom stereocenters. The summed E-state index contributed by atoms with van der Waals surface area (Å²) in [6.45, 7) is 3.81. The SMILES string of the molecule is Cc1cc2[nH]c(=O)[nH]c2c(NC(=O)c2csc(-c3ncccn3)n2)c1C. The first kappa shape index (κ1) is 16.2. The minimum absolute atomic E-state index is 0.268. The Labute approximate surface area is 151 Å². The van der Waals surface area contributed by atoms with E-state index >= 15 is 0 Å². The van der Waals surface area contributed by atoms with Crippen LogP contribution in [0.2, 0.25) is 0 Å². The molecule has 0 aliphatic rings. The van der Waals surface area contributed by atoms with E-state index < -0.39 is 0 Å². The van der Waals surface area contributed by atoms with Gasteiger partial charge in [0.1, 0.15) is 5.69 Å². The monoisotopic (exact) mass is 366 g/mol. The highest BCUT2D eigenvalue weighted by atomic mass is 32.1. The summed E-state index contributed by atoms with van der Waals surface area (Å²) in [5.41, 5.74) is 3.55. The Bertz CT molecular complexity index is 1180. The van der Waals surface area contributed by atoms with Gasteiger partial charge in [0.25, 0.3) is 5.91 Å². The number of rotatable bonds is 3. The number of fused-ring (bicyclic) bond motifs is 1. The summed E-state index contributed by atoms with van der Waals surface area (Å²) in [5, 5.41) is 5.09. The summed E-state index contributed by atoms with van der Waals surface area (Å²) in [4.78, 5) is 42.3. The molecule has 0 spiro atoms. The minimum atomic E-state index is -0.361. The predicted octanol–water partition coefficient (Wildman–Crippen LogP) is 2.64. The lowest BCUT2D eigenvalue weighted by Gasteiger charge is -2.11. The fourth-order valence-corrected chi connectivity index (χ4v) is 3.38. The number of benzene rings is 1. The Morgan fingerprint density at radius 3 is 2.73 bits per heavy atom. The van der Waals surface area contributed by atoms with Crippen molar-refractivity contribution < 1.29 is 4.79 Å². The molecule has 8 nitrogen and oxygen atoms in total. The van der Waals surface area contributed by atoms with Crippen LogP contribution in [0.15, 0.2) is 34.7 Å². The quantitative estimate of drug-likeness (QED) is 0.515. The smallest absolute Gasteiger partial charge is 0.318 e. The first-order valence-corrected chi connectivity index (χ1v) is 8.67. The van der Waals surface area contributed by atoms with E-state index in [1.165, 1.54) is 11.3 Å². The van der Waals surface area contributed by atoms with Crippen LogP contribution in [0.4, 0.5) is 5.69 Å². The van der Waals surface area contributed by atoms with Crippen molar-refractivity contribution in [2.45, 2.75) is 13.8 Å². The Kier molecular flexibility index (Phi) is 3.85. The first-order valence-electron chi connectivity index (χ1n) is 7.79. The van der Waals surface area contributed by atoms with Crippen molar-refractivity contribution in [3.63, 3.8) is 0 Å². The highest BCUT2D eigenvalue weighted by Crippen LogP contribution is 2.28. The standard InChI is InChI=1S/C17H14N6O2S/c1-8-6-10-13(23-17(25)21-10)12(9(8)2)22-15(24)11-7-26-16(20-11)14-18-4-3-5-19-14/h3-7H,1-2H3,(H,22,24)(H2,21,23,25). The van der Waals surface area contributed by atoms with E-state index in [9.17, 15) is 9.59 Å². The predicted molar refractivity (Wildman–Crippen MR) is 99.5 cm³/mol. The third kappa shape index (κ3) is 2.78. The van der Waals surface area contributed by atoms with Gasteiger partial charge < -0.3 is 15.3 Å². The van der Waals surface area contributed by atoms with Crippen LogP contribution in [0.5, 0.6) is 0 Å². The Balaban J connectivity index is 1.69. The summed E-state index contributed by atoms with van der Waals surface area (Å²) >= 11 is 1.30. The number of thiazole rings is 1. The fraction of sp³-hybridized carbons (Fsp3) is 0.118. The maximum absolute atomic E-state index is 12.7. The molecule has 3 N–H and O–H groups in total. The van der Waals surface area contributed by atoms with Gasteiger partial charge in [-0.3, -0.25) is 4.79 Å². The Morgan fingerprint density at radius 1 is 1.19 bits per heavy atom. The number of hydrogen-bond donors (Lipinski definition) is 3. The van der Waals surface area contributed by atoms with Crippen LogP contribution in [-0.4, -0.2) is 30.8 Å². The van der Waals surface area contributed by atoms with Crippen molar-refractivity contribution in [1.29, 1.82) is 0 Å². The number of amides is 1. The Morgan fingerprint density at radius 2 is 1.96 bits per heavy atom. The van der Waals surface area contributed by atoms with Crippen LogP contribution in [0.3, 0.4) is 0 Å². The summed E-state index contributed by atoms with van der Waals surface area (Å²) in [5.74, 6) is 0.112. The molecule has 1 aromatic carbocycles. The molecule has 130 valence electrons. The van der Waals surface area contributed by atoms with Crippen molar-refractivity contribution in [2.24, 2.45) is 0 Å². The molecule has 3 heterocycles. The average molecular weight is 366 g/mol. The van der Waals surface area contributed by atoms with Crippen molar-refractivity contribution in [2.75, 3.05) is 5.32 Å². The molecule has 0 bridgehead atoms. The number of anilines is 1. The van der Waals surface area contributed by atoms with Gasteiger partial charge in [-0.2, -0.15) is 0 Å². The third-order valence-electron chi connectivity index (χ3n) is 4.07. The van der Waals surface area contributed by atoms with E-state index in [1.807, 2.05) is 19.9 Å². The summed E-state index contributed by atoms with van der Waals surface area (Å²) in [7, 11) is 0. The number of aryl methyl sites for hydroxylation is 1. The second-order valence-electron chi connectivity index (χ2n) is 5.76. The second-order valence-corrected chi connectivity index (χ2v) is 6.62. The highest BCUT2D eigenvalue weighted by molar-refractivity contribution is 7.13. The second kappa shape index (κ2) is 6.19. The number of aromatic amines is 2.